The minimum Gasteiger partial charge on any atom is -0.497 e. The highest BCUT2D eigenvalue weighted by molar-refractivity contribution is 14.0. The first-order chi connectivity index (χ1) is 9.21. The molecule has 0 fully saturated rings. The summed E-state index contributed by atoms with van der Waals surface area (Å²) in [5.41, 5.74) is 6.73. The summed E-state index contributed by atoms with van der Waals surface area (Å²) in [6, 6.07) is 5.70. The molecule has 1 aromatic carbocycles. The van der Waals surface area contributed by atoms with Crippen LogP contribution in [-0.2, 0) is 6.42 Å². The molecule has 0 bridgehead atoms. The number of benzene rings is 1. The SMILES string of the molecule is C=CCNC(N)=NCCc1cc(OC)ccc1OC.I. The lowest BCUT2D eigenvalue weighted by atomic mass is 10.1. The van der Waals surface area contributed by atoms with E-state index in [-0.39, 0.29) is 24.0 Å². The maximum atomic E-state index is 5.69. The minimum atomic E-state index is 0. The standard InChI is InChI=1S/C14H21N3O2.HI/c1-4-8-16-14(15)17-9-7-11-10-12(18-2)5-6-13(11)19-3;/h4-6,10H,1,7-9H2,2-3H3,(H3,15,16,17);1H. The molecule has 0 atom stereocenters. The molecule has 0 aliphatic rings. The van der Waals surface area contributed by atoms with Crippen molar-refractivity contribution in [3.05, 3.63) is 36.4 Å². The topological polar surface area (TPSA) is 68.9 Å². The van der Waals surface area contributed by atoms with Crippen molar-refractivity contribution in [2.24, 2.45) is 10.7 Å². The van der Waals surface area contributed by atoms with Gasteiger partial charge in [0.2, 0.25) is 0 Å². The molecule has 5 nitrogen and oxygen atoms in total. The summed E-state index contributed by atoms with van der Waals surface area (Å²) in [6.45, 7) is 4.79. The molecule has 0 amide bonds. The molecule has 112 valence electrons. The van der Waals surface area contributed by atoms with Gasteiger partial charge in [0, 0.05) is 13.1 Å². The number of methoxy groups -OCH3 is 2. The molecule has 0 aliphatic heterocycles. The minimum absolute atomic E-state index is 0. The van der Waals surface area contributed by atoms with E-state index >= 15 is 0 Å². The molecule has 0 spiro atoms. The summed E-state index contributed by atoms with van der Waals surface area (Å²) >= 11 is 0. The molecule has 0 heterocycles. The van der Waals surface area contributed by atoms with Crippen molar-refractivity contribution in [1.29, 1.82) is 0 Å². The predicted octanol–water partition coefficient (Wildman–Crippen LogP) is 1.95. The molecule has 0 aromatic heterocycles. The first kappa shape index (κ1) is 18.6. The van der Waals surface area contributed by atoms with Gasteiger partial charge in [-0.25, -0.2) is 0 Å². The van der Waals surface area contributed by atoms with Gasteiger partial charge in [-0.3, -0.25) is 4.99 Å². The predicted molar refractivity (Wildman–Crippen MR) is 93.4 cm³/mol. The lowest BCUT2D eigenvalue weighted by molar-refractivity contribution is 0.399. The molecular weight excluding hydrogens is 369 g/mol. The van der Waals surface area contributed by atoms with Crippen molar-refractivity contribution in [1.82, 2.24) is 5.32 Å². The fraction of sp³-hybridized carbons (Fsp3) is 0.357. The van der Waals surface area contributed by atoms with E-state index in [1.165, 1.54) is 0 Å². The number of rotatable bonds is 7. The van der Waals surface area contributed by atoms with E-state index in [4.69, 9.17) is 15.2 Å². The summed E-state index contributed by atoms with van der Waals surface area (Å²) in [6.07, 6.45) is 2.46. The zero-order chi connectivity index (χ0) is 14.1. The molecule has 0 saturated carbocycles. The van der Waals surface area contributed by atoms with Gasteiger partial charge in [0.15, 0.2) is 5.96 Å². The van der Waals surface area contributed by atoms with Crippen LogP contribution in [0.2, 0.25) is 0 Å². The third-order valence-corrected chi connectivity index (χ3v) is 2.58. The molecule has 1 rings (SSSR count). The first-order valence-electron chi connectivity index (χ1n) is 6.06. The van der Waals surface area contributed by atoms with Crippen LogP contribution >= 0.6 is 24.0 Å². The second-order valence-electron chi connectivity index (χ2n) is 3.86. The van der Waals surface area contributed by atoms with Gasteiger partial charge in [0.05, 0.1) is 14.2 Å². The number of guanidine groups is 1. The summed E-state index contributed by atoms with van der Waals surface area (Å²) in [7, 11) is 3.29. The van der Waals surface area contributed by atoms with Crippen LogP contribution in [0.4, 0.5) is 0 Å². The van der Waals surface area contributed by atoms with Crippen LogP contribution in [-0.4, -0.2) is 33.3 Å². The van der Waals surface area contributed by atoms with E-state index in [9.17, 15) is 0 Å². The molecule has 6 heteroatoms. The van der Waals surface area contributed by atoms with E-state index in [1.807, 2.05) is 18.2 Å². The Morgan fingerprint density at radius 2 is 2.15 bits per heavy atom. The van der Waals surface area contributed by atoms with Crippen molar-refractivity contribution < 1.29 is 9.47 Å². The first-order valence-corrected chi connectivity index (χ1v) is 6.06. The van der Waals surface area contributed by atoms with Gasteiger partial charge in [0.1, 0.15) is 11.5 Å². The molecule has 0 saturated heterocycles. The van der Waals surface area contributed by atoms with E-state index in [2.05, 4.69) is 16.9 Å². The number of halogens is 1. The Morgan fingerprint density at radius 1 is 1.40 bits per heavy atom. The zero-order valence-corrected chi connectivity index (χ0v) is 14.2. The third kappa shape index (κ3) is 6.14. The summed E-state index contributed by atoms with van der Waals surface area (Å²) < 4.78 is 10.5. The van der Waals surface area contributed by atoms with Gasteiger partial charge in [-0.05, 0) is 30.2 Å². The van der Waals surface area contributed by atoms with Crippen molar-refractivity contribution in [2.75, 3.05) is 27.3 Å². The van der Waals surface area contributed by atoms with Gasteiger partial charge >= 0.3 is 0 Å². The van der Waals surface area contributed by atoms with E-state index in [1.54, 1.807) is 20.3 Å². The number of aliphatic imine (C=N–C) groups is 1. The highest BCUT2D eigenvalue weighted by Crippen LogP contribution is 2.24. The third-order valence-electron chi connectivity index (χ3n) is 2.58. The molecular formula is C14H22IN3O2. The van der Waals surface area contributed by atoms with Gasteiger partial charge in [-0.1, -0.05) is 6.08 Å². The van der Waals surface area contributed by atoms with Crippen LogP contribution in [0.25, 0.3) is 0 Å². The van der Waals surface area contributed by atoms with E-state index in [0.717, 1.165) is 23.5 Å². The highest BCUT2D eigenvalue weighted by atomic mass is 127. The van der Waals surface area contributed by atoms with E-state index < -0.39 is 0 Å². The summed E-state index contributed by atoms with van der Waals surface area (Å²) in [4.78, 5) is 4.23. The Kier molecular flexibility index (Phi) is 9.61. The molecule has 0 radical (unpaired) electrons. The van der Waals surface area contributed by atoms with Crippen molar-refractivity contribution in [3.63, 3.8) is 0 Å². The lowest BCUT2D eigenvalue weighted by Crippen LogP contribution is -2.31. The maximum absolute atomic E-state index is 5.69. The number of nitrogens with two attached hydrogens (primary N) is 1. The van der Waals surface area contributed by atoms with Crippen LogP contribution in [0.15, 0.2) is 35.8 Å². The number of nitrogens with one attached hydrogen (secondary N) is 1. The molecule has 0 aliphatic carbocycles. The Hall–Kier alpha value is -1.44. The fourth-order valence-electron chi connectivity index (χ4n) is 1.61. The van der Waals surface area contributed by atoms with Gasteiger partial charge in [-0.15, -0.1) is 30.6 Å². The Labute approximate surface area is 137 Å². The molecule has 20 heavy (non-hydrogen) atoms. The Morgan fingerprint density at radius 3 is 2.75 bits per heavy atom. The monoisotopic (exact) mass is 391 g/mol. The number of nitrogens with zero attached hydrogens (tertiary/aromatic N) is 1. The average Bonchev–Trinajstić information content (AvgIpc) is 2.44. The van der Waals surface area contributed by atoms with Crippen LogP contribution in [0.3, 0.4) is 0 Å². The second kappa shape index (κ2) is 10.4. The van der Waals surface area contributed by atoms with E-state index in [0.29, 0.717) is 19.0 Å². The second-order valence-corrected chi connectivity index (χ2v) is 3.86. The number of hydrogen-bond acceptors (Lipinski definition) is 3. The normalized spacial score (nSPS) is 10.4. The Bertz CT molecular complexity index is 450. The van der Waals surface area contributed by atoms with Crippen LogP contribution in [0.1, 0.15) is 5.56 Å². The van der Waals surface area contributed by atoms with Crippen LogP contribution in [0.5, 0.6) is 11.5 Å². The number of hydrogen-bond donors (Lipinski definition) is 2. The fourth-order valence-corrected chi connectivity index (χ4v) is 1.61. The van der Waals surface area contributed by atoms with Crippen molar-refractivity contribution in [2.45, 2.75) is 6.42 Å². The zero-order valence-electron chi connectivity index (χ0n) is 11.9. The van der Waals surface area contributed by atoms with Gasteiger partial charge in [0.25, 0.3) is 0 Å². The smallest absolute Gasteiger partial charge is 0.188 e. The van der Waals surface area contributed by atoms with Crippen molar-refractivity contribution in [3.8, 4) is 11.5 Å². The molecule has 0 unspecified atom stereocenters. The van der Waals surface area contributed by atoms with Gasteiger partial charge < -0.3 is 20.5 Å². The largest absolute Gasteiger partial charge is 0.497 e. The quantitative estimate of drug-likeness (QED) is 0.323. The van der Waals surface area contributed by atoms with Crippen molar-refractivity contribution >= 4 is 29.9 Å². The Balaban J connectivity index is 0.00000361. The summed E-state index contributed by atoms with van der Waals surface area (Å²) in [5.74, 6) is 2.05. The van der Waals surface area contributed by atoms with Gasteiger partial charge in [-0.2, -0.15) is 0 Å². The summed E-state index contributed by atoms with van der Waals surface area (Å²) in [5, 5.41) is 2.92. The highest BCUT2D eigenvalue weighted by Gasteiger charge is 2.04. The number of ether oxygens (including phenoxy) is 2. The maximum Gasteiger partial charge on any atom is 0.188 e. The van der Waals surface area contributed by atoms with Crippen LogP contribution in [0, 0.1) is 0 Å². The lowest BCUT2D eigenvalue weighted by Gasteiger charge is -2.09. The molecule has 3 N–H and O–H groups in total. The molecule has 1 aromatic rings. The average molecular weight is 391 g/mol. The van der Waals surface area contributed by atoms with Crippen LogP contribution < -0.4 is 20.5 Å².